The predicted molar refractivity (Wildman–Crippen MR) is 89.5 cm³/mol. The molecule has 6 nitrogen and oxygen atoms in total. The minimum atomic E-state index is -0.175. The fourth-order valence-corrected chi connectivity index (χ4v) is 3.54. The summed E-state index contributed by atoms with van der Waals surface area (Å²) in [5.74, 6) is 1.61. The van der Waals surface area contributed by atoms with E-state index in [0.29, 0.717) is 6.54 Å². The molecule has 1 amide bonds. The summed E-state index contributed by atoms with van der Waals surface area (Å²) >= 11 is 1.38. The molecule has 7 heteroatoms. The van der Waals surface area contributed by atoms with E-state index in [-0.39, 0.29) is 17.4 Å². The van der Waals surface area contributed by atoms with Crippen LogP contribution >= 0.6 is 11.5 Å². The molecular formula is C16H22N4O2S. The standard InChI is InChI=1S/C16H22N4O2S/c1-16(2,3)14-18-15(23-19-14)20-8-4-7-12(20)13(21)17-10-11-6-5-9-22-11/h5-6,9,12H,4,7-8,10H2,1-3H3,(H,17,21)/t12-/m1/s1. The van der Waals surface area contributed by atoms with Gasteiger partial charge in [0, 0.05) is 23.5 Å². The fraction of sp³-hybridized carbons (Fsp3) is 0.562. The molecule has 0 aliphatic carbocycles. The largest absolute Gasteiger partial charge is 0.467 e. The second-order valence-corrected chi connectivity index (χ2v) is 7.53. The van der Waals surface area contributed by atoms with Gasteiger partial charge in [0.2, 0.25) is 11.0 Å². The van der Waals surface area contributed by atoms with Crippen LogP contribution in [0.4, 0.5) is 5.13 Å². The Morgan fingerprint density at radius 3 is 3.00 bits per heavy atom. The third-order valence-corrected chi connectivity index (χ3v) is 4.66. The zero-order valence-electron chi connectivity index (χ0n) is 13.7. The van der Waals surface area contributed by atoms with Crippen molar-refractivity contribution in [2.75, 3.05) is 11.4 Å². The highest BCUT2D eigenvalue weighted by atomic mass is 32.1. The molecule has 1 fully saturated rings. The average molecular weight is 334 g/mol. The van der Waals surface area contributed by atoms with Crippen LogP contribution in [0.5, 0.6) is 0 Å². The van der Waals surface area contributed by atoms with Gasteiger partial charge in [-0.2, -0.15) is 4.37 Å². The average Bonchev–Trinajstić information content (AvgIpc) is 3.22. The van der Waals surface area contributed by atoms with Crippen LogP contribution in [-0.4, -0.2) is 27.9 Å². The number of rotatable bonds is 4. The Hall–Kier alpha value is -1.89. The third kappa shape index (κ3) is 3.55. The zero-order valence-corrected chi connectivity index (χ0v) is 14.5. The Morgan fingerprint density at radius 1 is 1.52 bits per heavy atom. The number of amides is 1. The number of anilines is 1. The van der Waals surface area contributed by atoms with E-state index in [9.17, 15) is 4.79 Å². The highest BCUT2D eigenvalue weighted by molar-refractivity contribution is 7.09. The Labute approximate surface area is 140 Å². The maximum atomic E-state index is 12.5. The molecule has 124 valence electrons. The number of furan rings is 1. The smallest absolute Gasteiger partial charge is 0.243 e. The van der Waals surface area contributed by atoms with Crippen molar-refractivity contribution in [3.8, 4) is 0 Å². The summed E-state index contributed by atoms with van der Waals surface area (Å²) in [5.41, 5.74) is -0.0779. The van der Waals surface area contributed by atoms with Crippen LogP contribution in [0.1, 0.15) is 45.2 Å². The molecule has 2 aromatic heterocycles. The lowest BCUT2D eigenvalue weighted by molar-refractivity contribution is -0.122. The number of nitrogens with one attached hydrogen (secondary N) is 1. The molecule has 23 heavy (non-hydrogen) atoms. The predicted octanol–water partition coefficient (Wildman–Crippen LogP) is 2.71. The van der Waals surface area contributed by atoms with Crippen LogP contribution in [-0.2, 0) is 16.8 Å². The number of hydrogen-bond acceptors (Lipinski definition) is 6. The Kier molecular flexibility index (Phi) is 4.39. The molecule has 0 spiro atoms. The van der Waals surface area contributed by atoms with E-state index in [1.807, 2.05) is 12.1 Å². The summed E-state index contributed by atoms with van der Waals surface area (Å²) in [6.45, 7) is 7.54. The maximum Gasteiger partial charge on any atom is 0.243 e. The van der Waals surface area contributed by atoms with Crippen molar-refractivity contribution in [1.29, 1.82) is 0 Å². The lowest BCUT2D eigenvalue weighted by Crippen LogP contribution is -2.43. The normalized spacial score (nSPS) is 18.4. The molecule has 0 bridgehead atoms. The van der Waals surface area contributed by atoms with E-state index < -0.39 is 0 Å². The van der Waals surface area contributed by atoms with Crippen LogP contribution in [0.25, 0.3) is 0 Å². The Morgan fingerprint density at radius 2 is 2.35 bits per heavy atom. The maximum absolute atomic E-state index is 12.5. The molecule has 1 atom stereocenters. The van der Waals surface area contributed by atoms with Crippen molar-refractivity contribution in [3.05, 3.63) is 30.0 Å². The van der Waals surface area contributed by atoms with Crippen molar-refractivity contribution < 1.29 is 9.21 Å². The van der Waals surface area contributed by atoms with E-state index in [1.54, 1.807) is 6.26 Å². The van der Waals surface area contributed by atoms with E-state index >= 15 is 0 Å². The Bertz CT molecular complexity index is 660. The van der Waals surface area contributed by atoms with Crippen LogP contribution in [0.3, 0.4) is 0 Å². The van der Waals surface area contributed by atoms with Gasteiger partial charge in [-0.15, -0.1) is 0 Å². The van der Waals surface area contributed by atoms with Gasteiger partial charge in [0.25, 0.3) is 0 Å². The van der Waals surface area contributed by atoms with Crippen LogP contribution < -0.4 is 10.2 Å². The van der Waals surface area contributed by atoms with Crippen molar-refractivity contribution in [3.63, 3.8) is 0 Å². The SMILES string of the molecule is CC(C)(C)c1nsc(N2CCC[C@@H]2C(=O)NCc2ccco2)n1. The molecule has 1 N–H and O–H groups in total. The molecule has 0 unspecified atom stereocenters. The number of hydrogen-bond donors (Lipinski definition) is 1. The van der Waals surface area contributed by atoms with Gasteiger partial charge in [-0.1, -0.05) is 20.8 Å². The molecule has 0 saturated carbocycles. The van der Waals surface area contributed by atoms with Gasteiger partial charge in [-0.3, -0.25) is 4.79 Å². The quantitative estimate of drug-likeness (QED) is 0.931. The molecule has 1 aliphatic heterocycles. The summed E-state index contributed by atoms with van der Waals surface area (Å²) in [4.78, 5) is 19.2. The van der Waals surface area contributed by atoms with Crippen molar-refractivity contribution in [1.82, 2.24) is 14.7 Å². The summed E-state index contributed by atoms with van der Waals surface area (Å²) in [7, 11) is 0. The van der Waals surface area contributed by atoms with Crippen LogP contribution in [0, 0.1) is 0 Å². The van der Waals surface area contributed by atoms with Crippen molar-refractivity contribution >= 4 is 22.6 Å². The second-order valence-electron chi connectivity index (χ2n) is 6.80. The Balaban J connectivity index is 1.67. The highest BCUT2D eigenvalue weighted by Crippen LogP contribution is 2.30. The first-order chi connectivity index (χ1) is 10.9. The molecule has 1 saturated heterocycles. The molecule has 0 radical (unpaired) electrons. The summed E-state index contributed by atoms with van der Waals surface area (Å²) in [6.07, 6.45) is 3.44. The molecule has 3 rings (SSSR count). The monoisotopic (exact) mass is 334 g/mol. The summed E-state index contributed by atoms with van der Waals surface area (Å²) < 4.78 is 9.70. The van der Waals surface area contributed by atoms with Gasteiger partial charge in [0.15, 0.2) is 0 Å². The van der Waals surface area contributed by atoms with E-state index in [1.165, 1.54) is 11.5 Å². The van der Waals surface area contributed by atoms with Gasteiger partial charge >= 0.3 is 0 Å². The van der Waals surface area contributed by atoms with Gasteiger partial charge in [0.1, 0.15) is 17.6 Å². The molecule has 0 aromatic carbocycles. The minimum absolute atomic E-state index is 0.0198. The number of carbonyl (C=O) groups is 1. The minimum Gasteiger partial charge on any atom is -0.467 e. The lowest BCUT2D eigenvalue weighted by atomic mass is 9.96. The first-order valence-corrected chi connectivity index (χ1v) is 8.63. The molecule has 2 aromatic rings. The first kappa shape index (κ1) is 16.0. The van der Waals surface area contributed by atoms with Gasteiger partial charge in [-0.25, -0.2) is 4.98 Å². The number of aromatic nitrogens is 2. The second kappa shape index (κ2) is 6.31. The summed E-state index contributed by atoms with van der Waals surface area (Å²) in [6, 6.07) is 3.50. The third-order valence-electron chi connectivity index (χ3n) is 3.90. The highest BCUT2D eigenvalue weighted by Gasteiger charge is 2.33. The molecule has 3 heterocycles. The topological polar surface area (TPSA) is 71.3 Å². The van der Waals surface area contributed by atoms with E-state index in [2.05, 4.69) is 40.3 Å². The fourth-order valence-electron chi connectivity index (χ4n) is 2.61. The van der Waals surface area contributed by atoms with Gasteiger partial charge in [-0.05, 0) is 25.0 Å². The molecule has 1 aliphatic rings. The number of carbonyl (C=O) groups excluding carboxylic acids is 1. The van der Waals surface area contributed by atoms with Gasteiger partial charge in [0.05, 0.1) is 12.8 Å². The number of nitrogens with zero attached hydrogens (tertiary/aromatic N) is 3. The lowest BCUT2D eigenvalue weighted by Gasteiger charge is -2.22. The van der Waals surface area contributed by atoms with Crippen molar-refractivity contribution in [2.24, 2.45) is 0 Å². The van der Waals surface area contributed by atoms with E-state index in [4.69, 9.17) is 4.42 Å². The summed E-state index contributed by atoms with van der Waals surface area (Å²) in [5, 5.41) is 3.78. The first-order valence-electron chi connectivity index (χ1n) is 7.86. The zero-order chi connectivity index (χ0) is 16.4. The van der Waals surface area contributed by atoms with Gasteiger partial charge < -0.3 is 14.6 Å². The van der Waals surface area contributed by atoms with Crippen LogP contribution in [0.15, 0.2) is 22.8 Å². The van der Waals surface area contributed by atoms with Crippen LogP contribution in [0.2, 0.25) is 0 Å². The van der Waals surface area contributed by atoms with Crippen molar-refractivity contribution in [2.45, 2.75) is 51.6 Å². The van der Waals surface area contributed by atoms with E-state index in [0.717, 1.165) is 36.1 Å². The molecular weight excluding hydrogens is 312 g/mol.